The molecule has 0 saturated carbocycles. The number of ether oxygens (including phenoxy) is 1. The lowest BCUT2D eigenvalue weighted by Gasteiger charge is -2.06. The fourth-order valence-corrected chi connectivity index (χ4v) is 3.13. The minimum Gasteiger partial charge on any atom is -0.494 e. The molecule has 0 fully saturated rings. The third-order valence-electron chi connectivity index (χ3n) is 4.70. The predicted molar refractivity (Wildman–Crippen MR) is 106 cm³/mol. The van der Waals surface area contributed by atoms with E-state index in [1.54, 1.807) is 0 Å². The van der Waals surface area contributed by atoms with Gasteiger partial charge in [-0.1, -0.05) is 109 Å². The van der Waals surface area contributed by atoms with Gasteiger partial charge in [0.2, 0.25) is 0 Å². The van der Waals surface area contributed by atoms with E-state index in [4.69, 9.17) is 4.74 Å². The number of hydrogen-bond donors (Lipinski definition) is 0. The fourth-order valence-electron chi connectivity index (χ4n) is 3.13. The van der Waals surface area contributed by atoms with Gasteiger partial charge in [0.25, 0.3) is 0 Å². The first-order valence-electron chi connectivity index (χ1n) is 10.5. The van der Waals surface area contributed by atoms with E-state index in [9.17, 15) is 0 Å². The second-order valence-electron chi connectivity index (χ2n) is 7.04. The monoisotopic (exact) mass is 331 g/mol. The molecule has 0 unspecified atom stereocenters. The van der Waals surface area contributed by atoms with Crippen LogP contribution >= 0.6 is 0 Å². The normalized spacial score (nSPS) is 10.9. The number of unbranched alkanes of at least 4 members (excludes halogenated alkanes) is 14. The summed E-state index contributed by atoms with van der Waals surface area (Å²) in [7, 11) is 0. The van der Waals surface area contributed by atoms with Crippen molar-refractivity contribution in [1.29, 1.82) is 0 Å². The van der Waals surface area contributed by atoms with Gasteiger partial charge in [-0.05, 0) is 24.6 Å². The third kappa shape index (κ3) is 13.5. The Morgan fingerprint density at radius 2 is 1.21 bits per heavy atom. The molecule has 24 heavy (non-hydrogen) atoms. The summed E-state index contributed by atoms with van der Waals surface area (Å²) < 4.78 is 5.69. The number of rotatable bonds is 17. The molecule has 0 aromatic heterocycles. The summed E-state index contributed by atoms with van der Waals surface area (Å²) in [4.78, 5) is 0. The lowest BCUT2D eigenvalue weighted by molar-refractivity contribution is 0.304. The number of benzene rings is 1. The Morgan fingerprint density at radius 3 is 1.67 bits per heavy atom. The van der Waals surface area contributed by atoms with E-state index in [1.807, 2.05) is 24.3 Å². The predicted octanol–water partition coefficient (Wildman–Crippen LogP) is 7.74. The summed E-state index contributed by atoms with van der Waals surface area (Å²) in [5.74, 6) is 0.947. The average Bonchev–Trinajstić information content (AvgIpc) is 2.62. The lowest BCUT2D eigenvalue weighted by atomic mass is 10.0. The Labute approximate surface area is 151 Å². The quantitative estimate of drug-likeness (QED) is 0.265. The van der Waals surface area contributed by atoms with Crippen molar-refractivity contribution < 1.29 is 4.74 Å². The lowest BCUT2D eigenvalue weighted by Crippen LogP contribution is -1.96. The topological polar surface area (TPSA) is 9.23 Å². The van der Waals surface area contributed by atoms with Gasteiger partial charge in [0, 0.05) is 0 Å². The Bertz CT molecular complexity index is 346. The van der Waals surface area contributed by atoms with Crippen LogP contribution in [0.1, 0.15) is 103 Å². The van der Waals surface area contributed by atoms with Crippen LogP contribution in [0.15, 0.2) is 24.3 Å². The van der Waals surface area contributed by atoms with Crippen LogP contribution in [0.5, 0.6) is 5.75 Å². The highest BCUT2D eigenvalue weighted by atomic mass is 16.5. The molecule has 1 radical (unpaired) electrons. The smallest absolute Gasteiger partial charge is 0.119 e. The van der Waals surface area contributed by atoms with Crippen molar-refractivity contribution in [3.8, 4) is 5.75 Å². The molecule has 0 amide bonds. The molecule has 0 aliphatic heterocycles. The van der Waals surface area contributed by atoms with E-state index in [0.717, 1.165) is 12.4 Å². The van der Waals surface area contributed by atoms with Crippen molar-refractivity contribution in [2.75, 3.05) is 6.61 Å². The van der Waals surface area contributed by atoms with Crippen LogP contribution in [0.4, 0.5) is 0 Å². The standard InChI is InChI=1S/C23H39O/c1-2-3-4-5-6-7-8-9-10-11-12-13-14-15-19-22-24-23-20-17-16-18-21-23/h16-17,20-21H,2-15,19,22H2,1H3. The van der Waals surface area contributed by atoms with E-state index < -0.39 is 0 Å². The zero-order valence-electron chi connectivity index (χ0n) is 16.0. The van der Waals surface area contributed by atoms with E-state index in [0.29, 0.717) is 0 Å². The van der Waals surface area contributed by atoms with Crippen LogP contribution in [0, 0.1) is 6.07 Å². The zero-order chi connectivity index (χ0) is 17.1. The third-order valence-corrected chi connectivity index (χ3v) is 4.70. The molecule has 1 nitrogen and oxygen atoms in total. The van der Waals surface area contributed by atoms with Gasteiger partial charge in [-0.2, -0.15) is 0 Å². The molecule has 0 bridgehead atoms. The second-order valence-corrected chi connectivity index (χ2v) is 7.04. The maximum atomic E-state index is 5.69. The Balaban J connectivity index is 1.70. The minimum atomic E-state index is 0.843. The molecule has 0 atom stereocenters. The summed E-state index contributed by atoms with van der Waals surface area (Å²) in [6.45, 7) is 3.13. The molecule has 0 aliphatic rings. The molecule has 0 aliphatic carbocycles. The van der Waals surface area contributed by atoms with Gasteiger partial charge in [-0.25, -0.2) is 0 Å². The fraction of sp³-hybridized carbons (Fsp3) is 0.739. The van der Waals surface area contributed by atoms with Gasteiger partial charge in [-0.15, -0.1) is 0 Å². The van der Waals surface area contributed by atoms with Crippen LogP contribution < -0.4 is 4.74 Å². The first-order valence-corrected chi connectivity index (χ1v) is 10.5. The highest BCUT2D eigenvalue weighted by Gasteiger charge is 1.95. The first-order chi connectivity index (χ1) is 11.9. The van der Waals surface area contributed by atoms with Crippen molar-refractivity contribution in [3.05, 3.63) is 30.3 Å². The molecule has 0 heterocycles. The molecule has 0 N–H and O–H groups in total. The molecular weight excluding hydrogens is 292 g/mol. The molecular formula is C23H39O. The van der Waals surface area contributed by atoms with Crippen molar-refractivity contribution in [3.63, 3.8) is 0 Å². The molecule has 0 saturated heterocycles. The maximum Gasteiger partial charge on any atom is 0.119 e. The van der Waals surface area contributed by atoms with Gasteiger partial charge >= 0.3 is 0 Å². The summed E-state index contributed by atoms with van der Waals surface area (Å²) in [6, 6.07) is 10.8. The number of hydrogen-bond acceptors (Lipinski definition) is 1. The SMILES string of the molecule is CCCCCCCCCCCCCCCCCOc1c[c]ccc1. The molecule has 137 valence electrons. The van der Waals surface area contributed by atoms with Gasteiger partial charge in [0.15, 0.2) is 0 Å². The molecule has 1 rings (SSSR count). The molecule has 0 spiro atoms. The average molecular weight is 332 g/mol. The maximum absolute atomic E-state index is 5.69. The van der Waals surface area contributed by atoms with Crippen molar-refractivity contribution in [2.45, 2.75) is 103 Å². The van der Waals surface area contributed by atoms with Crippen LogP contribution in [0.3, 0.4) is 0 Å². The van der Waals surface area contributed by atoms with E-state index in [-0.39, 0.29) is 0 Å². The summed E-state index contributed by atoms with van der Waals surface area (Å²) in [5, 5.41) is 0. The largest absolute Gasteiger partial charge is 0.494 e. The van der Waals surface area contributed by atoms with Crippen molar-refractivity contribution in [2.24, 2.45) is 0 Å². The van der Waals surface area contributed by atoms with Crippen LogP contribution in [-0.2, 0) is 0 Å². The first kappa shape index (κ1) is 21.1. The van der Waals surface area contributed by atoms with Gasteiger partial charge in [0.1, 0.15) is 5.75 Å². The van der Waals surface area contributed by atoms with Gasteiger partial charge in [-0.3, -0.25) is 0 Å². The summed E-state index contributed by atoms with van der Waals surface area (Å²) in [6.07, 6.45) is 21.1. The molecule has 1 heteroatoms. The van der Waals surface area contributed by atoms with Crippen molar-refractivity contribution in [1.82, 2.24) is 0 Å². The van der Waals surface area contributed by atoms with Gasteiger partial charge < -0.3 is 4.74 Å². The van der Waals surface area contributed by atoms with Crippen molar-refractivity contribution >= 4 is 0 Å². The van der Waals surface area contributed by atoms with Gasteiger partial charge in [0.05, 0.1) is 6.61 Å². The summed E-state index contributed by atoms with van der Waals surface area (Å²) >= 11 is 0. The van der Waals surface area contributed by atoms with Crippen LogP contribution in [0.25, 0.3) is 0 Å². The Kier molecular flexibility index (Phi) is 14.8. The highest BCUT2D eigenvalue weighted by molar-refractivity contribution is 5.19. The van der Waals surface area contributed by atoms with E-state index in [1.165, 1.54) is 96.3 Å². The van der Waals surface area contributed by atoms with Crippen LogP contribution in [-0.4, -0.2) is 6.61 Å². The zero-order valence-corrected chi connectivity index (χ0v) is 16.0. The second kappa shape index (κ2) is 16.9. The van der Waals surface area contributed by atoms with E-state index in [2.05, 4.69) is 13.0 Å². The molecule has 1 aromatic carbocycles. The minimum absolute atomic E-state index is 0.843. The Morgan fingerprint density at radius 1 is 0.708 bits per heavy atom. The molecule has 1 aromatic rings. The summed E-state index contributed by atoms with van der Waals surface area (Å²) in [5.41, 5.74) is 0. The highest BCUT2D eigenvalue weighted by Crippen LogP contribution is 2.14. The van der Waals surface area contributed by atoms with Crippen LogP contribution in [0.2, 0.25) is 0 Å². The van der Waals surface area contributed by atoms with E-state index >= 15 is 0 Å². The Hall–Kier alpha value is -0.980.